The third-order valence-electron chi connectivity index (χ3n) is 30.5. The monoisotopic (exact) mass is 2110 g/mol. The maximum atomic E-state index is 16.3. The van der Waals surface area contributed by atoms with Crippen molar-refractivity contribution in [3.05, 3.63) is 156 Å². The van der Waals surface area contributed by atoms with Crippen LogP contribution in [0.3, 0.4) is 0 Å². The number of methoxy groups -OCH3 is 1. The van der Waals surface area contributed by atoms with Crippen LogP contribution in [-0.4, -0.2) is 99.4 Å². The second kappa shape index (κ2) is 56.5. The number of hydrogen-bond acceptors (Lipinski definition) is 16. The summed E-state index contributed by atoms with van der Waals surface area (Å²) < 4.78 is 23.0. The minimum atomic E-state index is -2.63. The van der Waals surface area contributed by atoms with Crippen molar-refractivity contribution in [2.45, 2.75) is 390 Å². The van der Waals surface area contributed by atoms with Crippen LogP contribution in [0.15, 0.2) is 131 Å². The van der Waals surface area contributed by atoms with Gasteiger partial charge in [-0.05, 0) is 195 Å². The molecule has 9 aromatic rings. The van der Waals surface area contributed by atoms with Crippen LogP contribution in [0.5, 0.6) is 16.6 Å². The molecule has 0 spiro atoms. The summed E-state index contributed by atoms with van der Waals surface area (Å²) in [5.41, 5.74) is 7.42. The molecule has 0 aliphatic carbocycles. The lowest BCUT2D eigenvalue weighted by Gasteiger charge is -2.36. The van der Waals surface area contributed by atoms with Gasteiger partial charge < -0.3 is 33.2 Å². The first-order valence-corrected chi connectivity index (χ1v) is 67.5. The molecule has 12 heterocycles. The van der Waals surface area contributed by atoms with Gasteiger partial charge in [0.15, 0.2) is 11.3 Å². The fraction of sp³-hybridized carbons (Fsp3) is 0.575. The SMILES string of the molecule is CCCCCC[Si](CCCCCC)(CCCCCC)Oc1cc(-c2ccc(-c3ccc(C4=C5C(=O)N(CC(CC)CCCC)C(c6ccc(-c7ccc(OC)s7)s6)=C5C(=O)N4CC(CC)CCCC)s3)s2)c(O[Si](CCCCCC)(CCCCCC)CCCCCC)cc1-c1ccc(-c2ccc(C3=C4C(=O)N(CC(CC)CCCC)C(c5ccc(-c6ccc(C=O)s6)s5)=C4C(=O)N3CC(CC)CCCC)s2)s1. The van der Waals surface area contributed by atoms with Gasteiger partial charge in [0.1, 0.15) is 11.5 Å². The molecule has 13 rings (SSSR count). The van der Waals surface area contributed by atoms with Crippen molar-refractivity contribution < 1.29 is 37.6 Å². The maximum Gasteiger partial charge on any atom is 0.261 e. The lowest BCUT2D eigenvalue weighted by atomic mass is 9.98. The van der Waals surface area contributed by atoms with Crippen LogP contribution in [0.2, 0.25) is 36.3 Å². The van der Waals surface area contributed by atoms with E-state index in [4.69, 9.17) is 13.6 Å². The van der Waals surface area contributed by atoms with E-state index in [9.17, 15) is 4.79 Å². The molecule has 12 nitrogen and oxygen atoms in total. The van der Waals surface area contributed by atoms with Crippen LogP contribution < -0.4 is 13.6 Å². The highest BCUT2D eigenvalue weighted by Gasteiger charge is 2.53. The van der Waals surface area contributed by atoms with Crippen molar-refractivity contribution in [3.63, 3.8) is 0 Å². The molecule has 8 aromatic heterocycles. The van der Waals surface area contributed by atoms with Crippen molar-refractivity contribution in [2.24, 2.45) is 23.7 Å². The van der Waals surface area contributed by atoms with Crippen LogP contribution in [0.25, 0.3) is 82.7 Å². The highest BCUT2D eigenvalue weighted by atomic mass is 32.1. The number of nitrogens with zero attached hydrogens (tertiary/aromatic N) is 4. The van der Waals surface area contributed by atoms with E-state index in [2.05, 4.69) is 188 Å². The second-order valence-corrected chi connectivity index (χ2v) is 57.9. The van der Waals surface area contributed by atoms with E-state index in [0.29, 0.717) is 53.3 Å². The van der Waals surface area contributed by atoms with Crippen molar-refractivity contribution in [3.8, 4) is 76.5 Å². The van der Waals surface area contributed by atoms with E-state index >= 15 is 19.2 Å². The lowest BCUT2D eigenvalue weighted by Crippen LogP contribution is -2.42. The molecule has 4 unspecified atom stereocenters. The first-order chi connectivity index (χ1) is 69.3. The van der Waals surface area contributed by atoms with E-state index in [0.717, 1.165) is 303 Å². The molecule has 22 heteroatoms. The van der Waals surface area contributed by atoms with Gasteiger partial charge in [-0.15, -0.1) is 79.4 Å². The highest BCUT2D eigenvalue weighted by molar-refractivity contribution is 7.26. The third-order valence-corrected chi connectivity index (χ3v) is 48.9. The molecule has 0 fully saturated rings. The summed E-state index contributed by atoms with van der Waals surface area (Å²) in [6.07, 6.45) is 45.8. The van der Waals surface area contributed by atoms with Crippen molar-refractivity contribution in [1.29, 1.82) is 0 Å². The number of rotatable bonds is 70. The standard InChI is InChI=1S/C120H168N4O8S8Si2/c1-16-30-40-46-72-141(73-47-41-31-17-2,74-48-42-32-18-3)131-92-79-91(95-59-61-99(135-95)101-64-68-106(138-101)115-111-112(120(129)123(115)82-87(28-13)54-38-24-9)116(124(119(111)128)83-88(29-14)55-39-25-10)107-69-65-102(139-107)103-70-71-108(130-15)140-103)93(132-142(75-49-43-33-19-4,76-50-44-34-20-5)77-51-45-35-21-6)78-90(92)94-58-60-98(134-94)100-63-67-105(137-100)114-110-109(117(126)122(114)81-86(27-12)53-37-23-8)113(121(118(110)127)80-85(26-11)52-36-22-7)104-66-62-97(136-104)96-57-56-89(84-125)133-96/h56-71,78-79,84-88H,16-55,72-77,80-83H2,1-15H3. The largest absolute Gasteiger partial charge is 0.543 e. The molecule has 0 saturated carbocycles. The Morgan fingerprint density at radius 2 is 0.493 bits per heavy atom. The van der Waals surface area contributed by atoms with E-state index in [-0.39, 0.29) is 47.3 Å². The summed E-state index contributed by atoms with van der Waals surface area (Å²) in [4.78, 5) is 101. The van der Waals surface area contributed by atoms with Gasteiger partial charge in [0.2, 0.25) is 0 Å². The Bertz CT molecular complexity index is 5510. The fourth-order valence-corrected chi connectivity index (χ4v) is 38.9. The number of ether oxygens (including phenoxy) is 1. The van der Waals surface area contributed by atoms with Gasteiger partial charge in [0.05, 0.1) is 76.6 Å². The second-order valence-electron chi connectivity index (χ2n) is 41.1. The molecule has 772 valence electrons. The Morgan fingerprint density at radius 3 is 0.725 bits per heavy atom. The zero-order valence-electron chi connectivity index (χ0n) is 89.0. The third kappa shape index (κ3) is 27.8. The number of thiophene rings is 8. The van der Waals surface area contributed by atoms with E-state index in [1.807, 2.05) is 60.5 Å². The number of benzene rings is 1. The number of unbranched alkanes of at least 4 members (excludes halogenated alkanes) is 22. The Morgan fingerprint density at radius 1 is 0.268 bits per heavy atom. The summed E-state index contributed by atoms with van der Waals surface area (Å²) >= 11 is 13.5. The van der Waals surface area contributed by atoms with Gasteiger partial charge in [0, 0.05) is 86.1 Å². The highest BCUT2D eigenvalue weighted by Crippen LogP contribution is 2.57. The summed E-state index contributed by atoms with van der Waals surface area (Å²) in [5.74, 6) is 2.68. The number of aldehydes is 1. The molecule has 4 aliphatic rings. The van der Waals surface area contributed by atoms with Gasteiger partial charge >= 0.3 is 0 Å². The molecule has 0 bridgehead atoms. The Balaban J connectivity index is 1.01. The molecule has 142 heavy (non-hydrogen) atoms. The molecule has 4 atom stereocenters. The molecule has 0 saturated heterocycles. The summed E-state index contributed by atoms with van der Waals surface area (Å²) in [6, 6.07) is 46.8. The van der Waals surface area contributed by atoms with Gasteiger partial charge in [-0.1, -0.05) is 339 Å². The van der Waals surface area contributed by atoms with E-state index in [1.54, 1.807) is 63.8 Å². The zero-order chi connectivity index (χ0) is 101. The molecule has 0 N–H and O–H groups in total. The van der Waals surface area contributed by atoms with Crippen LogP contribution in [0.4, 0.5) is 0 Å². The quantitative estimate of drug-likeness (QED) is 0.0210. The Kier molecular flexibility index (Phi) is 44.7. The lowest BCUT2D eigenvalue weighted by molar-refractivity contribution is -0.124. The van der Waals surface area contributed by atoms with Crippen molar-refractivity contribution >= 4 is 160 Å². The number of hydrogen-bond donors (Lipinski definition) is 0. The zero-order valence-corrected chi connectivity index (χ0v) is 97.5. The normalized spacial score (nSPS) is 15.1. The first kappa shape index (κ1) is 112. The van der Waals surface area contributed by atoms with Crippen molar-refractivity contribution in [2.75, 3.05) is 33.3 Å². The number of carbonyl (C=O) groups excluding carboxylic acids is 5. The van der Waals surface area contributed by atoms with E-state index < -0.39 is 16.6 Å². The summed E-state index contributed by atoms with van der Waals surface area (Å²) in [5, 5.41) is 0.846. The molecular formula is C120H168N4O8S8Si2. The maximum absolute atomic E-state index is 16.3. The van der Waals surface area contributed by atoms with Gasteiger partial charge in [0.25, 0.3) is 40.3 Å². The Hall–Kier alpha value is -6.84. The molecule has 0 radical (unpaired) electrons. The Labute approximate surface area is 888 Å². The van der Waals surface area contributed by atoms with Crippen LogP contribution in [-0.2, 0) is 19.2 Å². The molecule has 1 aromatic carbocycles. The summed E-state index contributed by atoms with van der Waals surface area (Å²) in [7, 11) is -3.54. The molecule has 4 amide bonds. The van der Waals surface area contributed by atoms with Crippen LogP contribution >= 0.6 is 90.7 Å². The van der Waals surface area contributed by atoms with E-state index in [1.165, 1.54) is 127 Å². The summed E-state index contributed by atoms with van der Waals surface area (Å²) in [6.45, 7) is 34.2. The molecular weight excluding hydrogens is 1940 g/mol. The molecule has 4 aliphatic heterocycles. The minimum Gasteiger partial charge on any atom is -0.543 e. The van der Waals surface area contributed by atoms with Crippen LogP contribution in [0, 0.1) is 23.7 Å². The first-order valence-electron chi connectivity index (χ1n) is 55.9. The van der Waals surface area contributed by atoms with Gasteiger partial charge in [-0.3, -0.25) is 24.0 Å². The average Bonchev–Trinajstić information content (AvgIpc) is 1.55. The van der Waals surface area contributed by atoms with Gasteiger partial charge in [-0.2, -0.15) is 0 Å². The van der Waals surface area contributed by atoms with Gasteiger partial charge in [-0.25, -0.2) is 0 Å². The number of carbonyl (C=O) groups is 5. The van der Waals surface area contributed by atoms with Crippen molar-refractivity contribution in [1.82, 2.24) is 19.6 Å². The minimum absolute atomic E-state index is 0.0607. The smallest absolute Gasteiger partial charge is 0.261 e. The topological polar surface area (TPSA) is 126 Å². The fourth-order valence-electron chi connectivity index (χ4n) is 21.8. The number of amides is 4. The van der Waals surface area contributed by atoms with Crippen LogP contribution in [0.1, 0.15) is 383 Å². The predicted octanol–water partition coefficient (Wildman–Crippen LogP) is 38.6. The predicted molar refractivity (Wildman–Crippen MR) is 621 cm³/mol. The number of fused-ring (bicyclic) bond motifs is 2. The average molecular weight is 2110 g/mol.